The fourth-order valence-corrected chi connectivity index (χ4v) is 3.80. The van der Waals surface area contributed by atoms with Crippen molar-refractivity contribution in [1.82, 2.24) is 0 Å². The topological polar surface area (TPSA) is 0 Å². The van der Waals surface area contributed by atoms with Crippen LogP contribution in [-0.4, -0.2) is 0 Å². The molecule has 3 fully saturated rings. The molecule has 3 aliphatic carbocycles. The summed E-state index contributed by atoms with van der Waals surface area (Å²) in [6.45, 7) is 4.55. The Balaban J connectivity index is 1.77. The van der Waals surface area contributed by atoms with Gasteiger partial charge in [0.15, 0.2) is 0 Å². The van der Waals surface area contributed by atoms with Crippen molar-refractivity contribution in [1.29, 1.82) is 0 Å². The van der Waals surface area contributed by atoms with Gasteiger partial charge in [-0.15, -0.1) is 0 Å². The van der Waals surface area contributed by atoms with Crippen LogP contribution in [0.5, 0.6) is 0 Å². The smallest absolute Gasteiger partial charge is 0.0166 e. The molecule has 3 rings (SSSR count). The zero-order chi connectivity index (χ0) is 9.71. The first-order chi connectivity index (χ1) is 6.81. The molecule has 0 spiro atoms. The van der Waals surface area contributed by atoms with Crippen molar-refractivity contribution in [2.75, 3.05) is 0 Å². The lowest BCUT2D eigenvalue weighted by atomic mass is 9.58. The molecule has 3 aliphatic rings. The number of rotatable bonds is 1. The molecule has 0 aromatic heterocycles. The van der Waals surface area contributed by atoms with Crippen molar-refractivity contribution in [2.24, 2.45) is 29.6 Å². The molecule has 0 radical (unpaired) electrons. The fourth-order valence-electron chi connectivity index (χ4n) is 3.80. The molecule has 0 aliphatic heterocycles. The zero-order valence-electron chi connectivity index (χ0n) is 9.24. The van der Waals surface area contributed by atoms with Crippen LogP contribution in [0.4, 0.5) is 0 Å². The van der Waals surface area contributed by atoms with Gasteiger partial charge in [-0.2, -0.15) is 0 Å². The summed E-state index contributed by atoms with van der Waals surface area (Å²) in [4.78, 5) is 0. The van der Waals surface area contributed by atoms with Gasteiger partial charge < -0.3 is 0 Å². The standard InChI is InChI=1S/C14H20/c1-3-4-5-10-7-11-9(2)6-13(11)14-8-12(10)14/h3-5,9,11-14H,6-8H2,1-2H3/b4-3+,10-5+. The highest BCUT2D eigenvalue weighted by atomic mass is 14.6. The first kappa shape index (κ1) is 8.76. The van der Waals surface area contributed by atoms with E-state index in [4.69, 9.17) is 0 Å². The van der Waals surface area contributed by atoms with Gasteiger partial charge in [0.05, 0.1) is 0 Å². The molecule has 0 aromatic carbocycles. The van der Waals surface area contributed by atoms with E-state index in [0.717, 1.165) is 29.6 Å². The van der Waals surface area contributed by atoms with Gasteiger partial charge in [-0.05, 0) is 55.8 Å². The molecular weight excluding hydrogens is 168 g/mol. The second-order valence-corrected chi connectivity index (χ2v) is 5.52. The summed E-state index contributed by atoms with van der Waals surface area (Å²) >= 11 is 0. The zero-order valence-corrected chi connectivity index (χ0v) is 9.24. The molecule has 0 saturated heterocycles. The molecule has 5 atom stereocenters. The molecular formula is C14H20. The third-order valence-corrected chi connectivity index (χ3v) is 4.76. The predicted molar refractivity (Wildman–Crippen MR) is 59.9 cm³/mol. The molecule has 0 aromatic rings. The molecule has 14 heavy (non-hydrogen) atoms. The van der Waals surface area contributed by atoms with Crippen molar-refractivity contribution >= 4 is 0 Å². The van der Waals surface area contributed by atoms with Crippen LogP contribution in [0, 0.1) is 29.6 Å². The second kappa shape index (κ2) is 2.98. The van der Waals surface area contributed by atoms with E-state index in [-0.39, 0.29) is 0 Å². The van der Waals surface area contributed by atoms with Crippen molar-refractivity contribution in [3.05, 3.63) is 23.8 Å². The molecule has 0 bridgehead atoms. The van der Waals surface area contributed by atoms with E-state index in [0.29, 0.717) is 0 Å². The summed E-state index contributed by atoms with van der Waals surface area (Å²) in [6.07, 6.45) is 11.2. The van der Waals surface area contributed by atoms with Crippen LogP contribution >= 0.6 is 0 Å². The monoisotopic (exact) mass is 188 g/mol. The Morgan fingerprint density at radius 2 is 2.00 bits per heavy atom. The van der Waals surface area contributed by atoms with E-state index in [1.54, 1.807) is 5.57 Å². The quantitative estimate of drug-likeness (QED) is 0.587. The minimum absolute atomic E-state index is 1.000. The van der Waals surface area contributed by atoms with Crippen molar-refractivity contribution in [3.8, 4) is 0 Å². The van der Waals surface area contributed by atoms with E-state index in [1.807, 2.05) is 0 Å². The Kier molecular flexibility index (Phi) is 1.87. The van der Waals surface area contributed by atoms with Crippen LogP contribution in [0.1, 0.15) is 33.1 Å². The average molecular weight is 188 g/mol. The van der Waals surface area contributed by atoms with Crippen molar-refractivity contribution in [2.45, 2.75) is 33.1 Å². The lowest BCUT2D eigenvalue weighted by Gasteiger charge is -2.47. The Morgan fingerprint density at radius 3 is 2.71 bits per heavy atom. The summed E-state index contributed by atoms with van der Waals surface area (Å²) < 4.78 is 0. The van der Waals surface area contributed by atoms with Gasteiger partial charge in [0.2, 0.25) is 0 Å². The van der Waals surface area contributed by atoms with Crippen LogP contribution in [0.15, 0.2) is 23.8 Å². The number of hydrogen-bond donors (Lipinski definition) is 0. The Labute approximate surface area is 87.1 Å². The number of allylic oxidation sites excluding steroid dienone is 4. The maximum Gasteiger partial charge on any atom is -0.0166 e. The summed E-state index contributed by atoms with van der Waals surface area (Å²) in [7, 11) is 0. The minimum atomic E-state index is 1.000. The van der Waals surface area contributed by atoms with Crippen molar-refractivity contribution in [3.63, 3.8) is 0 Å². The van der Waals surface area contributed by atoms with Crippen LogP contribution in [0.2, 0.25) is 0 Å². The van der Waals surface area contributed by atoms with E-state index < -0.39 is 0 Å². The highest BCUT2D eigenvalue weighted by Gasteiger charge is 2.56. The third kappa shape index (κ3) is 1.12. The Hall–Kier alpha value is -0.520. The molecule has 0 amide bonds. The van der Waals surface area contributed by atoms with Gasteiger partial charge in [0, 0.05) is 0 Å². The van der Waals surface area contributed by atoms with Gasteiger partial charge in [-0.25, -0.2) is 0 Å². The van der Waals surface area contributed by atoms with Gasteiger partial charge in [-0.1, -0.05) is 30.7 Å². The van der Waals surface area contributed by atoms with Gasteiger partial charge >= 0.3 is 0 Å². The highest BCUT2D eigenvalue weighted by Crippen LogP contribution is 2.65. The molecule has 3 saturated carbocycles. The van der Waals surface area contributed by atoms with E-state index in [1.165, 1.54) is 19.3 Å². The third-order valence-electron chi connectivity index (χ3n) is 4.76. The highest BCUT2D eigenvalue weighted by molar-refractivity contribution is 5.27. The van der Waals surface area contributed by atoms with Gasteiger partial charge in [-0.3, -0.25) is 0 Å². The summed E-state index contributed by atoms with van der Waals surface area (Å²) in [6, 6.07) is 0. The molecule has 0 nitrogen and oxygen atoms in total. The summed E-state index contributed by atoms with van der Waals surface area (Å²) in [5.74, 6) is 5.28. The van der Waals surface area contributed by atoms with E-state index >= 15 is 0 Å². The number of fused-ring (bicyclic) bond motifs is 3. The van der Waals surface area contributed by atoms with Crippen LogP contribution < -0.4 is 0 Å². The largest absolute Gasteiger partial charge is 0.0877 e. The maximum atomic E-state index is 2.44. The van der Waals surface area contributed by atoms with Crippen LogP contribution in [-0.2, 0) is 0 Å². The minimum Gasteiger partial charge on any atom is -0.0877 e. The lowest BCUT2D eigenvalue weighted by molar-refractivity contribution is 0.0489. The lowest BCUT2D eigenvalue weighted by Crippen LogP contribution is -2.39. The SMILES string of the molecule is C/C=C/C=C1\CC2C(C)CC2C2CC12. The predicted octanol–water partition coefficient (Wildman–Crippen LogP) is 3.80. The first-order valence-electron chi connectivity index (χ1n) is 6.13. The molecule has 0 N–H and O–H groups in total. The maximum absolute atomic E-state index is 2.44. The van der Waals surface area contributed by atoms with E-state index in [2.05, 4.69) is 32.1 Å². The second-order valence-electron chi connectivity index (χ2n) is 5.52. The summed E-state index contributed by atoms with van der Waals surface area (Å²) in [5.41, 5.74) is 1.76. The fraction of sp³-hybridized carbons (Fsp3) is 0.714. The van der Waals surface area contributed by atoms with E-state index in [9.17, 15) is 0 Å². The normalized spacial score (nSPS) is 52.7. The van der Waals surface area contributed by atoms with Crippen molar-refractivity contribution < 1.29 is 0 Å². The molecule has 76 valence electrons. The summed E-state index contributed by atoms with van der Waals surface area (Å²) in [5, 5.41) is 0. The first-order valence-corrected chi connectivity index (χ1v) is 6.13. The molecule has 5 unspecified atom stereocenters. The molecule has 0 heterocycles. The van der Waals surface area contributed by atoms with Gasteiger partial charge in [0.25, 0.3) is 0 Å². The van der Waals surface area contributed by atoms with Crippen LogP contribution in [0.3, 0.4) is 0 Å². The number of hydrogen-bond acceptors (Lipinski definition) is 0. The Bertz CT molecular complexity index is 297. The van der Waals surface area contributed by atoms with Gasteiger partial charge in [0.1, 0.15) is 0 Å². The average Bonchev–Trinajstić information content (AvgIpc) is 2.94. The molecule has 0 heteroatoms. The Morgan fingerprint density at radius 1 is 1.14 bits per heavy atom. The van der Waals surface area contributed by atoms with Crippen LogP contribution in [0.25, 0.3) is 0 Å².